The van der Waals surface area contributed by atoms with Crippen LogP contribution in [0.15, 0.2) is 30.3 Å². The average molecular weight is 200 g/mol. The van der Waals surface area contributed by atoms with Gasteiger partial charge in [0, 0.05) is 12.3 Å². The highest BCUT2D eigenvalue weighted by atomic mass is 16.1. The van der Waals surface area contributed by atoms with Crippen molar-refractivity contribution in [1.82, 2.24) is 0 Å². The Kier molecular flexibility index (Phi) is 4.12. The van der Waals surface area contributed by atoms with E-state index in [4.69, 9.17) is 6.42 Å². The lowest BCUT2D eigenvalue weighted by Gasteiger charge is -2.11. The first-order chi connectivity index (χ1) is 7.15. The summed E-state index contributed by atoms with van der Waals surface area (Å²) in [6, 6.07) is 9.77. The number of carbonyl (C=O) groups excluding carboxylic acids is 1. The number of Topliss-reactive ketones (excluding diaryl/α,β-unsaturated/α-hetero) is 1. The van der Waals surface area contributed by atoms with Gasteiger partial charge in [-0.05, 0) is 5.56 Å². The molecule has 0 saturated carbocycles. The van der Waals surface area contributed by atoms with Crippen molar-refractivity contribution in [3.05, 3.63) is 35.9 Å². The van der Waals surface area contributed by atoms with E-state index < -0.39 is 0 Å². The van der Waals surface area contributed by atoms with Crippen LogP contribution in [-0.4, -0.2) is 5.78 Å². The Labute approximate surface area is 91.5 Å². The number of ketones is 1. The van der Waals surface area contributed by atoms with E-state index in [0.29, 0.717) is 6.42 Å². The molecule has 0 aliphatic rings. The summed E-state index contributed by atoms with van der Waals surface area (Å²) in [4.78, 5) is 11.6. The molecule has 0 fully saturated rings. The summed E-state index contributed by atoms with van der Waals surface area (Å²) >= 11 is 0. The Morgan fingerprint density at radius 1 is 1.33 bits per heavy atom. The molecule has 1 heteroatoms. The molecule has 15 heavy (non-hydrogen) atoms. The van der Waals surface area contributed by atoms with E-state index in [9.17, 15) is 4.79 Å². The maximum Gasteiger partial charge on any atom is 0.136 e. The molecule has 0 aliphatic heterocycles. The van der Waals surface area contributed by atoms with Crippen molar-refractivity contribution < 1.29 is 4.79 Å². The molecule has 1 nitrogen and oxygen atoms in total. The molecule has 0 N–H and O–H groups in total. The molecule has 0 aromatic heterocycles. The number of benzene rings is 1. The van der Waals surface area contributed by atoms with E-state index in [2.05, 4.69) is 5.92 Å². The van der Waals surface area contributed by atoms with Gasteiger partial charge in [-0.3, -0.25) is 4.79 Å². The van der Waals surface area contributed by atoms with E-state index in [-0.39, 0.29) is 17.6 Å². The SMILES string of the molecule is C#CC(CC(=O)C(C)C)c1ccccc1. The lowest BCUT2D eigenvalue weighted by atomic mass is 9.91. The number of hydrogen-bond acceptors (Lipinski definition) is 1. The summed E-state index contributed by atoms with van der Waals surface area (Å²) in [6.45, 7) is 3.81. The fraction of sp³-hybridized carbons (Fsp3) is 0.357. The maximum absolute atomic E-state index is 11.6. The van der Waals surface area contributed by atoms with Gasteiger partial charge in [0.25, 0.3) is 0 Å². The van der Waals surface area contributed by atoms with Gasteiger partial charge < -0.3 is 0 Å². The Morgan fingerprint density at radius 2 is 1.93 bits per heavy atom. The second-order valence-electron chi connectivity index (χ2n) is 3.96. The van der Waals surface area contributed by atoms with Crippen molar-refractivity contribution in [2.24, 2.45) is 5.92 Å². The zero-order valence-corrected chi connectivity index (χ0v) is 9.23. The van der Waals surface area contributed by atoms with Crippen LogP contribution in [0.5, 0.6) is 0 Å². The van der Waals surface area contributed by atoms with Gasteiger partial charge in [0.05, 0.1) is 5.92 Å². The smallest absolute Gasteiger partial charge is 0.136 e. The molecular weight excluding hydrogens is 184 g/mol. The molecule has 0 spiro atoms. The lowest BCUT2D eigenvalue weighted by Crippen LogP contribution is -2.11. The molecule has 0 amide bonds. The van der Waals surface area contributed by atoms with Crippen molar-refractivity contribution in [3.63, 3.8) is 0 Å². The number of terminal acetylenes is 1. The van der Waals surface area contributed by atoms with Crippen molar-refractivity contribution in [3.8, 4) is 12.3 Å². The molecule has 0 saturated heterocycles. The first kappa shape index (κ1) is 11.5. The third-order valence-electron chi connectivity index (χ3n) is 2.45. The minimum absolute atomic E-state index is 0.0598. The molecule has 1 aromatic rings. The van der Waals surface area contributed by atoms with Gasteiger partial charge >= 0.3 is 0 Å². The molecule has 0 radical (unpaired) electrons. The molecule has 0 heterocycles. The Bertz CT molecular complexity index is 357. The summed E-state index contributed by atoms with van der Waals surface area (Å²) < 4.78 is 0. The van der Waals surface area contributed by atoms with Crippen molar-refractivity contribution in [2.75, 3.05) is 0 Å². The van der Waals surface area contributed by atoms with E-state index >= 15 is 0 Å². The number of carbonyl (C=O) groups is 1. The Morgan fingerprint density at radius 3 is 2.40 bits per heavy atom. The topological polar surface area (TPSA) is 17.1 Å². The standard InChI is InChI=1S/C14H16O/c1-4-12(10-14(15)11(2)3)13-8-6-5-7-9-13/h1,5-9,11-12H,10H2,2-3H3. The van der Waals surface area contributed by atoms with E-state index in [1.54, 1.807) is 0 Å². The van der Waals surface area contributed by atoms with Crippen LogP contribution in [-0.2, 0) is 4.79 Å². The predicted octanol–water partition coefficient (Wildman–Crippen LogP) is 3.02. The third kappa shape index (κ3) is 3.25. The summed E-state index contributed by atoms with van der Waals surface area (Å²) in [5.74, 6) is 2.88. The normalized spacial score (nSPS) is 12.1. The zero-order chi connectivity index (χ0) is 11.3. The van der Waals surface area contributed by atoms with Crippen LogP contribution in [0.25, 0.3) is 0 Å². The van der Waals surface area contributed by atoms with Crippen LogP contribution < -0.4 is 0 Å². The molecule has 0 aliphatic carbocycles. The monoisotopic (exact) mass is 200 g/mol. The van der Waals surface area contributed by atoms with Crippen LogP contribution in [0.3, 0.4) is 0 Å². The highest BCUT2D eigenvalue weighted by Crippen LogP contribution is 2.20. The van der Waals surface area contributed by atoms with E-state index in [0.717, 1.165) is 5.56 Å². The predicted molar refractivity (Wildman–Crippen MR) is 62.5 cm³/mol. The molecule has 78 valence electrons. The minimum Gasteiger partial charge on any atom is -0.299 e. The van der Waals surface area contributed by atoms with Gasteiger partial charge in [0.2, 0.25) is 0 Å². The summed E-state index contributed by atoms with van der Waals surface area (Å²) in [5, 5.41) is 0. The average Bonchev–Trinajstić information content (AvgIpc) is 2.26. The second-order valence-corrected chi connectivity index (χ2v) is 3.96. The van der Waals surface area contributed by atoms with E-state index in [1.807, 2.05) is 44.2 Å². The summed E-state index contributed by atoms with van der Waals surface area (Å²) in [7, 11) is 0. The molecular formula is C14H16O. The fourth-order valence-electron chi connectivity index (χ4n) is 1.40. The Hall–Kier alpha value is -1.55. The van der Waals surface area contributed by atoms with Crippen LogP contribution in [0.1, 0.15) is 31.7 Å². The quantitative estimate of drug-likeness (QED) is 0.683. The molecule has 1 rings (SSSR count). The fourth-order valence-corrected chi connectivity index (χ4v) is 1.40. The van der Waals surface area contributed by atoms with Gasteiger partial charge in [-0.25, -0.2) is 0 Å². The van der Waals surface area contributed by atoms with Gasteiger partial charge in [0.1, 0.15) is 5.78 Å². The first-order valence-corrected chi connectivity index (χ1v) is 5.19. The van der Waals surface area contributed by atoms with Crippen LogP contribution in [0, 0.1) is 18.3 Å². The third-order valence-corrected chi connectivity index (χ3v) is 2.45. The van der Waals surface area contributed by atoms with Gasteiger partial charge in [-0.1, -0.05) is 50.1 Å². The van der Waals surface area contributed by atoms with Crippen LogP contribution in [0.2, 0.25) is 0 Å². The summed E-state index contributed by atoms with van der Waals surface area (Å²) in [6.07, 6.45) is 5.89. The highest BCUT2D eigenvalue weighted by molar-refractivity contribution is 5.81. The lowest BCUT2D eigenvalue weighted by molar-refractivity contribution is -0.122. The number of rotatable bonds is 4. The first-order valence-electron chi connectivity index (χ1n) is 5.19. The van der Waals surface area contributed by atoms with Crippen molar-refractivity contribution >= 4 is 5.78 Å². The number of hydrogen-bond donors (Lipinski definition) is 0. The Balaban J connectivity index is 2.75. The molecule has 1 unspecified atom stereocenters. The highest BCUT2D eigenvalue weighted by Gasteiger charge is 2.15. The largest absolute Gasteiger partial charge is 0.299 e. The van der Waals surface area contributed by atoms with Crippen LogP contribution in [0.4, 0.5) is 0 Å². The van der Waals surface area contributed by atoms with Gasteiger partial charge in [0.15, 0.2) is 0 Å². The maximum atomic E-state index is 11.6. The van der Waals surface area contributed by atoms with E-state index in [1.165, 1.54) is 0 Å². The zero-order valence-electron chi connectivity index (χ0n) is 9.23. The second kappa shape index (κ2) is 5.36. The van der Waals surface area contributed by atoms with Gasteiger partial charge in [-0.15, -0.1) is 6.42 Å². The van der Waals surface area contributed by atoms with Crippen molar-refractivity contribution in [1.29, 1.82) is 0 Å². The summed E-state index contributed by atoms with van der Waals surface area (Å²) in [5.41, 5.74) is 1.05. The molecule has 0 bridgehead atoms. The van der Waals surface area contributed by atoms with Gasteiger partial charge in [-0.2, -0.15) is 0 Å². The molecule has 1 aromatic carbocycles. The van der Waals surface area contributed by atoms with Crippen LogP contribution >= 0.6 is 0 Å². The van der Waals surface area contributed by atoms with Crippen molar-refractivity contribution in [2.45, 2.75) is 26.2 Å². The minimum atomic E-state index is -0.0823. The molecule has 1 atom stereocenters.